The van der Waals surface area contributed by atoms with E-state index in [2.05, 4.69) is 10.1 Å². The van der Waals surface area contributed by atoms with Crippen molar-refractivity contribution in [2.45, 2.75) is 20.5 Å². The average molecular weight is 462 g/mol. The number of rotatable bonds is 6. The van der Waals surface area contributed by atoms with Crippen molar-refractivity contribution in [1.82, 2.24) is 0 Å². The molecule has 1 aromatic heterocycles. The summed E-state index contributed by atoms with van der Waals surface area (Å²) in [7, 11) is 0. The van der Waals surface area contributed by atoms with E-state index >= 15 is 0 Å². The van der Waals surface area contributed by atoms with Crippen molar-refractivity contribution in [1.29, 1.82) is 0 Å². The van der Waals surface area contributed by atoms with Gasteiger partial charge >= 0.3 is 6.61 Å². The molecule has 8 heteroatoms. The first-order chi connectivity index (χ1) is 14.8. The third kappa shape index (κ3) is 5.57. The highest BCUT2D eigenvalue weighted by Crippen LogP contribution is 2.26. The molecular formula is C23H20ClF2N2O2S+. The van der Waals surface area contributed by atoms with Crippen LogP contribution in [0.1, 0.15) is 16.7 Å². The van der Waals surface area contributed by atoms with Crippen LogP contribution in [0.5, 0.6) is 5.75 Å². The molecule has 0 spiro atoms. The Kier molecular flexibility index (Phi) is 7.20. The number of thiocarbonyl (C=S) groups is 1. The lowest BCUT2D eigenvalue weighted by Crippen LogP contribution is -2.38. The van der Waals surface area contributed by atoms with E-state index in [-0.39, 0.29) is 16.5 Å². The van der Waals surface area contributed by atoms with Crippen molar-refractivity contribution < 1.29 is 23.2 Å². The van der Waals surface area contributed by atoms with Crippen molar-refractivity contribution in [2.75, 3.05) is 5.32 Å². The van der Waals surface area contributed by atoms with Gasteiger partial charge in [-0.1, -0.05) is 29.9 Å². The lowest BCUT2D eigenvalue weighted by atomic mass is 10.1. The molecule has 160 valence electrons. The van der Waals surface area contributed by atoms with E-state index in [1.807, 2.05) is 38.2 Å². The number of pyridine rings is 1. The summed E-state index contributed by atoms with van der Waals surface area (Å²) in [5.41, 5.74) is 3.18. The number of ether oxygens (including phenoxy) is 1. The molecule has 0 aliphatic carbocycles. The normalized spacial score (nSPS) is 11.8. The highest BCUT2D eigenvalue weighted by molar-refractivity contribution is 7.81. The second-order valence-electron chi connectivity index (χ2n) is 6.76. The van der Waals surface area contributed by atoms with Crippen LogP contribution in [0.25, 0.3) is 11.5 Å². The molecule has 3 aromatic rings. The van der Waals surface area contributed by atoms with Gasteiger partial charge in [0.2, 0.25) is 0 Å². The Labute approximate surface area is 189 Å². The van der Waals surface area contributed by atoms with Gasteiger partial charge in [0.15, 0.2) is 23.1 Å². The number of nitrogens with zero attached hydrogens (tertiary/aromatic N) is 1. The zero-order chi connectivity index (χ0) is 22.5. The van der Waals surface area contributed by atoms with Gasteiger partial charge in [-0.25, -0.2) is 0 Å². The number of halogens is 3. The van der Waals surface area contributed by atoms with Crippen molar-refractivity contribution in [3.63, 3.8) is 0 Å². The summed E-state index contributed by atoms with van der Waals surface area (Å²) in [6.45, 7) is 0.850. The summed E-state index contributed by atoms with van der Waals surface area (Å²) < 4.78 is 30.9. The van der Waals surface area contributed by atoms with E-state index < -0.39 is 6.61 Å². The highest BCUT2D eigenvalue weighted by Gasteiger charge is 2.24. The molecule has 0 aliphatic heterocycles. The smallest absolute Gasteiger partial charge is 0.387 e. The fourth-order valence-electron chi connectivity index (χ4n) is 2.93. The van der Waals surface area contributed by atoms with E-state index in [9.17, 15) is 13.9 Å². The molecule has 2 aromatic carbocycles. The molecular weight excluding hydrogens is 442 g/mol. The van der Waals surface area contributed by atoms with Crippen LogP contribution in [-0.4, -0.2) is 16.7 Å². The number of aryl methyl sites for hydroxylation is 1. The second kappa shape index (κ2) is 9.85. The first-order valence-electron chi connectivity index (χ1n) is 9.29. The maximum Gasteiger partial charge on any atom is 0.387 e. The van der Waals surface area contributed by atoms with Crippen molar-refractivity contribution >= 4 is 46.0 Å². The second-order valence-corrected chi connectivity index (χ2v) is 7.57. The number of aliphatic hydroxyl groups is 1. The molecule has 1 heterocycles. The van der Waals surface area contributed by atoms with Crippen molar-refractivity contribution in [3.05, 3.63) is 88.7 Å². The highest BCUT2D eigenvalue weighted by atomic mass is 35.5. The van der Waals surface area contributed by atoms with E-state index in [1.54, 1.807) is 22.9 Å². The minimum Gasteiger partial charge on any atom is -0.502 e. The maximum atomic E-state index is 12.4. The molecule has 0 fully saturated rings. The Balaban J connectivity index is 2.05. The van der Waals surface area contributed by atoms with Gasteiger partial charge < -0.3 is 15.2 Å². The number of benzene rings is 2. The fourth-order valence-corrected chi connectivity index (χ4v) is 3.42. The fraction of sp³-hybridized carbons (Fsp3) is 0.130. The molecule has 0 atom stereocenters. The van der Waals surface area contributed by atoms with Crippen LogP contribution in [0.4, 0.5) is 14.5 Å². The number of hydrogen-bond acceptors (Lipinski definition) is 3. The lowest BCUT2D eigenvalue weighted by molar-refractivity contribution is -0.576. The molecule has 0 saturated heterocycles. The summed E-state index contributed by atoms with van der Waals surface area (Å²) in [5.74, 6) is -0.136. The molecule has 0 aliphatic rings. The number of alkyl halides is 2. The first-order valence-corrected chi connectivity index (χ1v) is 10.1. The van der Waals surface area contributed by atoms with Gasteiger partial charge in [0.25, 0.3) is 5.70 Å². The van der Waals surface area contributed by atoms with Gasteiger partial charge in [0, 0.05) is 27.9 Å². The van der Waals surface area contributed by atoms with Gasteiger partial charge in [-0.3, -0.25) is 0 Å². The van der Waals surface area contributed by atoms with Gasteiger partial charge in [-0.2, -0.15) is 13.3 Å². The number of anilines is 1. The van der Waals surface area contributed by atoms with Crippen molar-refractivity contribution in [2.24, 2.45) is 0 Å². The standard InChI is InChI=1S/C23H19ClF2N2O2S/c1-14-5-4-12-28(13-14)20(22(31)27-19-7-3-6-18(24)15(19)2)21(29)16-8-10-17(11-9-16)30-23(25)26/h3-13,23H,1-2H3,(H-,27,29,31)/p+1. The largest absolute Gasteiger partial charge is 0.502 e. The van der Waals surface area contributed by atoms with E-state index in [4.69, 9.17) is 23.8 Å². The minimum absolute atomic E-state index is 0.00781. The average Bonchev–Trinajstić information content (AvgIpc) is 2.72. The third-order valence-corrected chi connectivity index (χ3v) is 5.22. The lowest BCUT2D eigenvalue weighted by Gasteiger charge is -2.13. The van der Waals surface area contributed by atoms with Gasteiger partial charge in [-0.15, -0.1) is 0 Å². The summed E-state index contributed by atoms with van der Waals surface area (Å²) in [6, 6.07) is 14.8. The van der Waals surface area contributed by atoms with E-state index in [0.717, 1.165) is 11.1 Å². The van der Waals surface area contributed by atoms with Crippen LogP contribution in [0.2, 0.25) is 5.02 Å². The maximum absolute atomic E-state index is 12.4. The number of hydrogen-bond donors (Lipinski definition) is 2. The molecule has 0 radical (unpaired) electrons. The van der Waals surface area contributed by atoms with Gasteiger partial charge in [0.05, 0.1) is 0 Å². The van der Waals surface area contributed by atoms with Gasteiger partial charge in [-0.05, 0) is 61.9 Å². The molecule has 31 heavy (non-hydrogen) atoms. The third-order valence-electron chi connectivity index (χ3n) is 4.51. The Hall–Kier alpha value is -3.03. The zero-order valence-electron chi connectivity index (χ0n) is 16.8. The van der Waals surface area contributed by atoms with Crippen LogP contribution in [-0.2, 0) is 0 Å². The molecule has 0 saturated carbocycles. The molecule has 0 bridgehead atoms. The van der Waals surface area contributed by atoms with Gasteiger partial charge in [0.1, 0.15) is 5.75 Å². The Bertz CT molecular complexity index is 1130. The molecule has 0 amide bonds. The Morgan fingerprint density at radius 3 is 2.45 bits per heavy atom. The summed E-state index contributed by atoms with van der Waals surface area (Å²) in [5, 5.41) is 14.8. The SMILES string of the molecule is Cc1ccc[n+](/C(C(=S)Nc2cccc(Cl)c2C)=C(/O)c2ccc(OC(F)F)cc2)c1. The Morgan fingerprint density at radius 1 is 1.10 bits per heavy atom. The predicted molar refractivity (Wildman–Crippen MR) is 123 cm³/mol. The zero-order valence-corrected chi connectivity index (χ0v) is 18.3. The summed E-state index contributed by atoms with van der Waals surface area (Å²) in [4.78, 5) is 0.256. The minimum atomic E-state index is -2.92. The van der Waals surface area contributed by atoms with Crippen LogP contribution < -0.4 is 14.6 Å². The van der Waals surface area contributed by atoms with E-state index in [0.29, 0.717) is 22.0 Å². The molecule has 0 unspecified atom stereocenters. The molecule has 3 rings (SSSR count). The Morgan fingerprint density at radius 2 is 1.81 bits per heavy atom. The predicted octanol–water partition coefficient (Wildman–Crippen LogP) is 6.17. The van der Waals surface area contributed by atoms with Crippen LogP contribution in [0, 0.1) is 13.8 Å². The van der Waals surface area contributed by atoms with Crippen LogP contribution >= 0.6 is 23.8 Å². The summed E-state index contributed by atoms with van der Waals surface area (Å²) in [6.07, 6.45) is 3.57. The monoisotopic (exact) mass is 461 g/mol. The quantitative estimate of drug-likeness (QED) is 0.199. The first kappa shape index (κ1) is 22.7. The molecule has 4 nitrogen and oxygen atoms in total. The van der Waals surface area contributed by atoms with Crippen molar-refractivity contribution in [3.8, 4) is 5.75 Å². The number of nitrogens with one attached hydrogen (secondary N) is 1. The summed E-state index contributed by atoms with van der Waals surface area (Å²) >= 11 is 11.8. The molecule has 2 N–H and O–H groups in total. The van der Waals surface area contributed by atoms with Crippen LogP contribution in [0.15, 0.2) is 67.0 Å². The van der Waals surface area contributed by atoms with Crippen LogP contribution in [0.3, 0.4) is 0 Å². The number of aromatic nitrogens is 1. The van der Waals surface area contributed by atoms with E-state index in [1.165, 1.54) is 24.3 Å². The number of aliphatic hydroxyl groups excluding tert-OH is 1. The topological polar surface area (TPSA) is 45.4 Å².